The van der Waals surface area contributed by atoms with Crippen LogP contribution in [0.4, 0.5) is 0 Å². The second-order valence-corrected chi connectivity index (χ2v) is 4.58. The number of carbonyl (C=O) groups is 2. The Morgan fingerprint density at radius 1 is 1.31 bits per heavy atom. The molecule has 16 heavy (non-hydrogen) atoms. The molecule has 0 aliphatic rings. The summed E-state index contributed by atoms with van der Waals surface area (Å²) in [7, 11) is 0. The molecule has 0 aromatic rings. The van der Waals surface area contributed by atoms with Crippen molar-refractivity contribution < 1.29 is 14.3 Å². The van der Waals surface area contributed by atoms with Gasteiger partial charge in [-0.15, -0.1) is 0 Å². The third-order valence-corrected chi connectivity index (χ3v) is 1.72. The molecule has 5 nitrogen and oxygen atoms in total. The van der Waals surface area contributed by atoms with E-state index in [1.807, 2.05) is 6.92 Å². The molecule has 0 aliphatic carbocycles. The summed E-state index contributed by atoms with van der Waals surface area (Å²) >= 11 is 0. The van der Waals surface area contributed by atoms with Crippen LogP contribution in [0.2, 0.25) is 0 Å². The van der Waals surface area contributed by atoms with Gasteiger partial charge in [0.05, 0.1) is 12.6 Å². The van der Waals surface area contributed by atoms with E-state index < -0.39 is 11.6 Å². The molecule has 1 amide bonds. The zero-order valence-electron chi connectivity index (χ0n) is 10.7. The first-order valence-corrected chi connectivity index (χ1v) is 5.49. The average Bonchev–Trinajstić information content (AvgIpc) is 2.11. The summed E-state index contributed by atoms with van der Waals surface area (Å²) in [6.07, 6.45) is 0. The van der Waals surface area contributed by atoms with E-state index in [4.69, 9.17) is 4.74 Å². The zero-order chi connectivity index (χ0) is 12.8. The van der Waals surface area contributed by atoms with Crippen LogP contribution in [0.15, 0.2) is 0 Å². The Hall–Kier alpha value is -1.10. The summed E-state index contributed by atoms with van der Waals surface area (Å²) in [5.41, 5.74) is -0.492. The second-order valence-electron chi connectivity index (χ2n) is 4.58. The van der Waals surface area contributed by atoms with Gasteiger partial charge in [-0.3, -0.25) is 14.9 Å². The SMILES string of the molecule is CCNC(=O)C(C)NCC(=O)OC(C)(C)C. The molecule has 94 valence electrons. The Balaban J connectivity index is 3.88. The van der Waals surface area contributed by atoms with Gasteiger partial charge < -0.3 is 10.1 Å². The van der Waals surface area contributed by atoms with Gasteiger partial charge in [0.1, 0.15) is 5.60 Å². The Morgan fingerprint density at radius 3 is 2.31 bits per heavy atom. The van der Waals surface area contributed by atoms with Gasteiger partial charge in [0, 0.05) is 6.54 Å². The number of hydrogen-bond donors (Lipinski definition) is 2. The minimum Gasteiger partial charge on any atom is -0.459 e. The summed E-state index contributed by atoms with van der Waals surface area (Å²) in [4.78, 5) is 22.6. The molecule has 2 N–H and O–H groups in total. The highest BCUT2D eigenvalue weighted by molar-refractivity contribution is 5.82. The van der Waals surface area contributed by atoms with Crippen LogP contribution >= 0.6 is 0 Å². The fourth-order valence-corrected chi connectivity index (χ4v) is 1.03. The number of likely N-dealkylation sites (N-methyl/N-ethyl adjacent to an activating group) is 1. The lowest BCUT2D eigenvalue weighted by Gasteiger charge is -2.20. The lowest BCUT2D eigenvalue weighted by Crippen LogP contribution is -2.44. The van der Waals surface area contributed by atoms with Crippen LogP contribution in [0, 0.1) is 0 Å². The van der Waals surface area contributed by atoms with Crippen LogP contribution in [0.25, 0.3) is 0 Å². The van der Waals surface area contributed by atoms with Gasteiger partial charge >= 0.3 is 5.97 Å². The molecule has 1 atom stereocenters. The summed E-state index contributed by atoms with van der Waals surface area (Å²) in [5.74, 6) is -0.477. The topological polar surface area (TPSA) is 67.4 Å². The van der Waals surface area contributed by atoms with Crippen molar-refractivity contribution in [2.24, 2.45) is 0 Å². The van der Waals surface area contributed by atoms with Crippen LogP contribution in [0.1, 0.15) is 34.6 Å². The fraction of sp³-hybridized carbons (Fsp3) is 0.818. The molecule has 0 bridgehead atoms. The largest absolute Gasteiger partial charge is 0.459 e. The first kappa shape index (κ1) is 14.9. The standard InChI is InChI=1S/C11H22N2O3/c1-6-12-10(15)8(2)13-7-9(14)16-11(3,4)5/h8,13H,6-7H2,1-5H3,(H,12,15). The maximum absolute atomic E-state index is 11.3. The first-order valence-electron chi connectivity index (χ1n) is 5.49. The van der Waals surface area contributed by atoms with Crippen molar-refractivity contribution in [2.75, 3.05) is 13.1 Å². The fourth-order valence-electron chi connectivity index (χ4n) is 1.03. The monoisotopic (exact) mass is 230 g/mol. The normalized spacial score (nSPS) is 13.1. The van der Waals surface area contributed by atoms with Gasteiger partial charge in [-0.25, -0.2) is 0 Å². The summed E-state index contributed by atoms with van der Waals surface area (Å²) in [6, 6.07) is -0.396. The molecular weight excluding hydrogens is 208 g/mol. The lowest BCUT2D eigenvalue weighted by molar-refractivity contribution is -0.153. The molecule has 0 radical (unpaired) electrons. The van der Waals surface area contributed by atoms with E-state index in [0.717, 1.165) is 0 Å². The van der Waals surface area contributed by atoms with Crippen molar-refractivity contribution in [3.05, 3.63) is 0 Å². The van der Waals surface area contributed by atoms with Crippen LogP contribution in [-0.2, 0) is 14.3 Å². The maximum atomic E-state index is 11.3. The van der Waals surface area contributed by atoms with E-state index in [-0.39, 0.29) is 18.4 Å². The van der Waals surface area contributed by atoms with E-state index >= 15 is 0 Å². The third-order valence-electron chi connectivity index (χ3n) is 1.72. The van der Waals surface area contributed by atoms with Gasteiger partial charge in [0.15, 0.2) is 0 Å². The molecule has 5 heteroatoms. The molecule has 0 saturated heterocycles. The molecule has 0 rings (SSSR count). The van der Waals surface area contributed by atoms with Gasteiger partial charge in [-0.05, 0) is 34.6 Å². The van der Waals surface area contributed by atoms with Crippen LogP contribution < -0.4 is 10.6 Å². The van der Waals surface area contributed by atoms with Crippen LogP contribution in [-0.4, -0.2) is 36.6 Å². The number of hydrogen-bond acceptors (Lipinski definition) is 4. The summed E-state index contributed by atoms with van der Waals surface area (Å²) < 4.78 is 5.09. The number of nitrogens with one attached hydrogen (secondary N) is 2. The van der Waals surface area contributed by atoms with E-state index in [9.17, 15) is 9.59 Å². The average molecular weight is 230 g/mol. The molecule has 0 aromatic heterocycles. The quantitative estimate of drug-likeness (QED) is 0.673. The number of amides is 1. The Morgan fingerprint density at radius 2 is 1.88 bits per heavy atom. The summed E-state index contributed by atoms with van der Waals surface area (Å²) in [5, 5.41) is 5.47. The number of rotatable bonds is 5. The third kappa shape index (κ3) is 7.23. The van der Waals surface area contributed by atoms with Crippen molar-refractivity contribution in [1.82, 2.24) is 10.6 Å². The van der Waals surface area contributed by atoms with Crippen LogP contribution in [0.5, 0.6) is 0 Å². The van der Waals surface area contributed by atoms with Crippen molar-refractivity contribution in [1.29, 1.82) is 0 Å². The molecule has 1 unspecified atom stereocenters. The van der Waals surface area contributed by atoms with E-state index in [1.54, 1.807) is 27.7 Å². The Labute approximate surface area is 96.9 Å². The molecule has 0 heterocycles. The van der Waals surface area contributed by atoms with Crippen molar-refractivity contribution >= 4 is 11.9 Å². The lowest BCUT2D eigenvalue weighted by atomic mass is 10.2. The molecule has 0 fully saturated rings. The number of esters is 1. The molecular formula is C11H22N2O3. The van der Waals surface area contributed by atoms with E-state index in [0.29, 0.717) is 6.54 Å². The predicted molar refractivity (Wildman–Crippen MR) is 62.0 cm³/mol. The van der Waals surface area contributed by atoms with Crippen LogP contribution in [0.3, 0.4) is 0 Å². The first-order chi connectivity index (χ1) is 7.26. The van der Waals surface area contributed by atoms with Gasteiger partial charge in [0.2, 0.25) is 5.91 Å². The maximum Gasteiger partial charge on any atom is 0.320 e. The second kappa shape index (κ2) is 6.48. The summed E-state index contributed by atoms with van der Waals surface area (Å²) in [6.45, 7) is 9.58. The molecule has 0 aromatic carbocycles. The predicted octanol–water partition coefficient (Wildman–Crippen LogP) is 0.442. The zero-order valence-corrected chi connectivity index (χ0v) is 10.7. The van der Waals surface area contributed by atoms with Crippen molar-refractivity contribution in [3.63, 3.8) is 0 Å². The highest BCUT2D eigenvalue weighted by atomic mass is 16.6. The van der Waals surface area contributed by atoms with Gasteiger partial charge in [-0.2, -0.15) is 0 Å². The molecule has 0 saturated carbocycles. The Bertz CT molecular complexity index is 246. The number of carbonyl (C=O) groups excluding carboxylic acids is 2. The van der Waals surface area contributed by atoms with E-state index in [1.165, 1.54) is 0 Å². The highest BCUT2D eigenvalue weighted by Crippen LogP contribution is 2.06. The van der Waals surface area contributed by atoms with Gasteiger partial charge in [0.25, 0.3) is 0 Å². The molecule has 0 aliphatic heterocycles. The smallest absolute Gasteiger partial charge is 0.320 e. The van der Waals surface area contributed by atoms with Crippen molar-refractivity contribution in [2.45, 2.75) is 46.3 Å². The molecule has 0 spiro atoms. The van der Waals surface area contributed by atoms with E-state index in [2.05, 4.69) is 10.6 Å². The van der Waals surface area contributed by atoms with Gasteiger partial charge in [-0.1, -0.05) is 0 Å². The Kier molecular flexibility index (Phi) is 6.03. The highest BCUT2D eigenvalue weighted by Gasteiger charge is 2.18. The minimum atomic E-state index is -0.492. The number of ether oxygens (including phenoxy) is 1. The van der Waals surface area contributed by atoms with Crippen molar-refractivity contribution in [3.8, 4) is 0 Å². The minimum absolute atomic E-state index is 0.0373.